The molecular weight excluding hydrogens is 470 g/mol. The Hall–Kier alpha value is -3.68. The number of nitro benzene ring substituents is 1. The highest BCUT2D eigenvalue weighted by Gasteiger charge is 2.46. The van der Waals surface area contributed by atoms with Crippen LogP contribution in [0.5, 0.6) is 0 Å². The zero-order chi connectivity index (χ0) is 24.6. The fraction of sp³-hybridized carbons (Fsp3) is 0.286. The summed E-state index contributed by atoms with van der Waals surface area (Å²) in [5.41, 5.74) is -0.194. The lowest BCUT2D eigenvalue weighted by Gasteiger charge is -2.22. The van der Waals surface area contributed by atoms with Gasteiger partial charge in [0.15, 0.2) is 4.90 Å². The molecule has 1 saturated heterocycles. The van der Waals surface area contributed by atoms with E-state index in [-0.39, 0.29) is 24.1 Å². The first-order chi connectivity index (χ1) is 16.1. The van der Waals surface area contributed by atoms with Crippen molar-refractivity contribution in [2.45, 2.75) is 23.5 Å². The van der Waals surface area contributed by atoms with Crippen molar-refractivity contribution in [3.05, 3.63) is 69.8 Å². The average molecular weight is 489 g/mol. The number of carbonyl (C=O) groups excluding carboxylic acids is 3. The quantitative estimate of drug-likeness (QED) is 0.253. The summed E-state index contributed by atoms with van der Waals surface area (Å²) in [6, 6.07) is 9.50. The van der Waals surface area contributed by atoms with Crippen molar-refractivity contribution < 1.29 is 37.6 Å². The zero-order valence-corrected chi connectivity index (χ0v) is 18.4. The van der Waals surface area contributed by atoms with Crippen molar-refractivity contribution >= 4 is 33.5 Å². The number of hydrogen-bond donors (Lipinski definition) is 1. The summed E-state index contributed by atoms with van der Waals surface area (Å²) in [6.45, 7) is -1.09. The highest BCUT2D eigenvalue weighted by atomic mass is 32.2. The van der Waals surface area contributed by atoms with Gasteiger partial charge in [-0.2, -0.15) is 4.31 Å². The molecule has 2 aliphatic rings. The van der Waals surface area contributed by atoms with E-state index in [4.69, 9.17) is 4.74 Å². The van der Waals surface area contributed by atoms with Crippen molar-refractivity contribution in [2.24, 2.45) is 0 Å². The normalized spacial score (nSPS) is 20.4. The number of para-hydroxylation sites is 1. The first-order valence-electron chi connectivity index (χ1n) is 10.2. The van der Waals surface area contributed by atoms with Crippen molar-refractivity contribution in [1.82, 2.24) is 9.21 Å². The van der Waals surface area contributed by atoms with E-state index >= 15 is 0 Å². The molecular formula is C21H19N3O9S. The Kier molecular flexibility index (Phi) is 6.17. The molecule has 0 aromatic heterocycles. The van der Waals surface area contributed by atoms with Crippen LogP contribution in [0.15, 0.2) is 53.4 Å². The molecule has 0 radical (unpaired) electrons. The van der Waals surface area contributed by atoms with Crippen molar-refractivity contribution in [3.8, 4) is 0 Å². The third-order valence-electron chi connectivity index (χ3n) is 5.59. The molecule has 0 aliphatic carbocycles. The lowest BCUT2D eigenvalue weighted by molar-refractivity contribution is -0.387. The van der Waals surface area contributed by atoms with Gasteiger partial charge in [-0.1, -0.05) is 24.3 Å². The van der Waals surface area contributed by atoms with Crippen LogP contribution in [-0.2, 0) is 19.6 Å². The third kappa shape index (κ3) is 4.04. The average Bonchev–Trinajstić information content (AvgIpc) is 3.33. The number of hydrogen-bond acceptors (Lipinski definition) is 9. The monoisotopic (exact) mass is 489 g/mol. The lowest BCUT2D eigenvalue weighted by atomic mass is 10.1. The van der Waals surface area contributed by atoms with Gasteiger partial charge in [0.1, 0.15) is 12.6 Å². The van der Waals surface area contributed by atoms with Gasteiger partial charge in [-0.3, -0.25) is 29.4 Å². The minimum Gasteiger partial charge on any atom is -0.463 e. The maximum absolute atomic E-state index is 13.1. The lowest BCUT2D eigenvalue weighted by Crippen LogP contribution is -2.42. The topological polar surface area (TPSA) is 164 Å². The van der Waals surface area contributed by atoms with E-state index in [1.54, 1.807) is 12.1 Å². The molecule has 34 heavy (non-hydrogen) atoms. The number of fused-ring (bicyclic) bond motifs is 1. The summed E-state index contributed by atoms with van der Waals surface area (Å²) in [5, 5.41) is 21.3. The predicted octanol–water partition coefficient (Wildman–Crippen LogP) is 0.558. The summed E-state index contributed by atoms with van der Waals surface area (Å²) in [4.78, 5) is 48.2. The Morgan fingerprint density at radius 2 is 1.68 bits per heavy atom. The predicted molar refractivity (Wildman–Crippen MR) is 114 cm³/mol. The van der Waals surface area contributed by atoms with Crippen LogP contribution in [0, 0.1) is 10.1 Å². The maximum atomic E-state index is 13.1. The SMILES string of the molecule is O=C(OCCN1C(=O)c2ccccc2C1=O)[C@@H]1CC(O)CN1S(=O)(=O)c1ccccc1[N+](=O)[O-]. The van der Waals surface area contributed by atoms with Crippen molar-refractivity contribution in [3.63, 3.8) is 0 Å². The molecule has 2 amide bonds. The summed E-state index contributed by atoms with van der Waals surface area (Å²) in [6.07, 6.45) is -1.46. The number of nitrogens with zero attached hydrogens (tertiary/aromatic N) is 3. The fourth-order valence-corrected chi connectivity index (χ4v) is 5.78. The van der Waals surface area contributed by atoms with E-state index in [0.717, 1.165) is 17.0 Å². The number of rotatable bonds is 7. The third-order valence-corrected chi connectivity index (χ3v) is 7.51. The molecule has 2 aromatic rings. The number of β-amino-alcohol motifs (C(OH)–C–C–N with tert-alkyl or cyclic N) is 1. The van der Waals surface area contributed by atoms with E-state index in [1.165, 1.54) is 24.3 Å². The van der Waals surface area contributed by atoms with Crippen molar-refractivity contribution in [2.75, 3.05) is 19.7 Å². The molecule has 0 spiro atoms. The van der Waals surface area contributed by atoms with Gasteiger partial charge in [0.25, 0.3) is 27.5 Å². The Balaban J connectivity index is 1.46. The fourth-order valence-electron chi connectivity index (χ4n) is 3.99. The molecule has 1 fully saturated rings. The van der Waals surface area contributed by atoms with Crippen LogP contribution in [0.4, 0.5) is 5.69 Å². The molecule has 2 atom stereocenters. The number of sulfonamides is 1. The number of aliphatic hydroxyl groups excluding tert-OH is 1. The molecule has 2 aliphatic heterocycles. The molecule has 2 heterocycles. The number of imide groups is 1. The molecule has 0 saturated carbocycles. The summed E-state index contributed by atoms with van der Waals surface area (Å²) < 4.78 is 32.0. The van der Waals surface area contributed by atoms with Crippen LogP contribution in [-0.4, -0.2) is 77.3 Å². The number of ether oxygens (including phenoxy) is 1. The molecule has 1 N–H and O–H groups in total. The highest BCUT2D eigenvalue weighted by molar-refractivity contribution is 7.89. The van der Waals surface area contributed by atoms with Gasteiger partial charge in [-0.25, -0.2) is 8.42 Å². The molecule has 12 nitrogen and oxygen atoms in total. The van der Waals surface area contributed by atoms with E-state index in [2.05, 4.69) is 0 Å². The maximum Gasteiger partial charge on any atom is 0.324 e. The Morgan fingerprint density at radius 1 is 1.09 bits per heavy atom. The Bertz CT molecular complexity index is 1260. The summed E-state index contributed by atoms with van der Waals surface area (Å²) in [7, 11) is -4.52. The van der Waals surface area contributed by atoms with Gasteiger partial charge >= 0.3 is 5.97 Å². The molecule has 1 unspecified atom stereocenters. The van der Waals surface area contributed by atoms with E-state index in [9.17, 15) is 38.0 Å². The largest absolute Gasteiger partial charge is 0.463 e. The van der Waals surface area contributed by atoms with Gasteiger partial charge in [0.2, 0.25) is 0 Å². The first kappa shape index (κ1) is 23.5. The second-order valence-electron chi connectivity index (χ2n) is 7.68. The summed E-state index contributed by atoms with van der Waals surface area (Å²) >= 11 is 0. The number of benzene rings is 2. The molecule has 13 heteroatoms. The van der Waals surface area contributed by atoms with E-state index < -0.39 is 68.6 Å². The smallest absolute Gasteiger partial charge is 0.324 e. The van der Waals surface area contributed by atoms with Gasteiger partial charge in [-0.05, 0) is 18.2 Å². The number of aliphatic hydroxyl groups is 1. The van der Waals surface area contributed by atoms with Gasteiger partial charge in [0.05, 0.1) is 28.7 Å². The summed E-state index contributed by atoms with van der Waals surface area (Å²) in [5.74, 6) is -2.07. The second kappa shape index (κ2) is 8.93. The van der Waals surface area contributed by atoms with Crippen LogP contribution in [0.2, 0.25) is 0 Å². The van der Waals surface area contributed by atoms with Crippen LogP contribution < -0.4 is 0 Å². The Labute approximate surface area is 193 Å². The highest BCUT2D eigenvalue weighted by Crippen LogP contribution is 2.32. The number of carbonyl (C=O) groups is 3. The Morgan fingerprint density at radius 3 is 2.29 bits per heavy atom. The molecule has 0 bridgehead atoms. The molecule has 178 valence electrons. The number of amides is 2. The van der Waals surface area contributed by atoms with Crippen LogP contribution in [0.3, 0.4) is 0 Å². The van der Waals surface area contributed by atoms with Gasteiger partial charge in [-0.15, -0.1) is 0 Å². The van der Waals surface area contributed by atoms with Crippen LogP contribution in [0.1, 0.15) is 27.1 Å². The molecule has 2 aromatic carbocycles. The van der Waals surface area contributed by atoms with E-state index in [0.29, 0.717) is 4.31 Å². The van der Waals surface area contributed by atoms with Crippen molar-refractivity contribution in [1.29, 1.82) is 0 Å². The minimum atomic E-state index is -4.52. The van der Waals surface area contributed by atoms with Gasteiger partial charge in [0, 0.05) is 19.0 Å². The molecule has 4 rings (SSSR count). The minimum absolute atomic E-state index is 0.236. The standard InChI is InChI=1S/C21H19N3O9S/c25-13-11-17(23(12-13)34(31,32)18-8-4-3-7-16(18)24(29)30)21(28)33-10-9-22-19(26)14-5-1-2-6-15(14)20(22)27/h1-8,13,17,25H,9-12H2/t13?,17-/m0/s1. The first-order valence-corrected chi connectivity index (χ1v) is 11.6. The number of esters is 1. The number of nitro groups is 1. The van der Waals surface area contributed by atoms with Gasteiger partial charge < -0.3 is 9.84 Å². The van der Waals surface area contributed by atoms with Crippen LogP contribution in [0.25, 0.3) is 0 Å². The zero-order valence-electron chi connectivity index (χ0n) is 17.6. The van der Waals surface area contributed by atoms with E-state index in [1.807, 2.05) is 0 Å². The van der Waals surface area contributed by atoms with Crippen LogP contribution >= 0.6 is 0 Å². The second-order valence-corrected chi connectivity index (χ2v) is 9.54.